The number of carbonyl (C=O) groups excluding carboxylic acids is 3. The Bertz CT molecular complexity index is 1290. The van der Waals surface area contributed by atoms with Gasteiger partial charge in [-0.1, -0.05) is 202 Å². The molecule has 0 fully saturated rings. The third kappa shape index (κ3) is 45.7. The summed E-state index contributed by atoms with van der Waals surface area (Å²) in [5.41, 5.74) is 0. The molecule has 65 heavy (non-hydrogen) atoms. The van der Waals surface area contributed by atoms with E-state index in [4.69, 9.17) is 14.2 Å². The molecule has 0 amide bonds. The zero-order valence-electron chi connectivity index (χ0n) is 42.6. The summed E-state index contributed by atoms with van der Waals surface area (Å²) in [7, 11) is 5.41. The van der Waals surface area contributed by atoms with Gasteiger partial charge in [-0.15, -0.1) is 0 Å². The lowest BCUT2D eigenvalue weighted by molar-refractivity contribution is -0.889. The summed E-state index contributed by atoms with van der Waals surface area (Å²) < 4.78 is 17.2. The first-order valence-electron chi connectivity index (χ1n) is 26.5. The number of aliphatic carboxylic acids is 1. The summed E-state index contributed by atoms with van der Waals surface area (Å²) in [4.78, 5) is 37.1. The van der Waals surface area contributed by atoms with Crippen LogP contribution in [0.15, 0.2) is 72.9 Å². The number of unbranched alkanes of at least 4 members (excludes halogenated alkanes) is 23. The van der Waals surface area contributed by atoms with E-state index in [1.54, 1.807) is 21.1 Å². The molecule has 2 unspecified atom stereocenters. The van der Waals surface area contributed by atoms with E-state index < -0.39 is 18.1 Å². The highest BCUT2D eigenvalue weighted by Crippen LogP contribution is 2.15. The van der Waals surface area contributed by atoms with Gasteiger partial charge in [0.1, 0.15) is 12.6 Å². The van der Waals surface area contributed by atoms with E-state index in [0.29, 0.717) is 12.8 Å². The van der Waals surface area contributed by atoms with E-state index in [1.807, 2.05) is 0 Å². The second-order valence-electron chi connectivity index (χ2n) is 18.8. The third-order valence-electron chi connectivity index (χ3n) is 11.6. The van der Waals surface area contributed by atoms with Gasteiger partial charge in [0.05, 0.1) is 40.3 Å². The number of carboxylic acids is 1. The highest BCUT2D eigenvalue weighted by molar-refractivity contribution is 5.70. The zero-order valence-corrected chi connectivity index (χ0v) is 42.6. The van der Waals surface area contributed by atoms with Gasteiger partial charge in [0.2, 0.25) is 0 Å². The first kappa shape index (κ1) is 61.8. The van der Waals surface area contributed by atoms with Crippen LogP contribution in [0.2, 0.25) is 0 Å². The Morgan fingerprint density at radius 3 is 1.40 bits per heavy atom. The average molecular weight is 910 g/mol. The van der Waals surface area contributed by atoms with Crippen molar-refractivity contribution in [3.63, 3.8) is 0 Å². The molecule has 8 nitrogen and oxygen atoms in total. The minimum Gasteiger partial charge on any atom is -0.544 e. The molecule has 0 bridgehead atoms. The second-order valence-corrected chi connectivity index (χ2v) is 18.8. The number of quaternary nitrogens is 1. The van der Waals surface area contributed by atoms with Crippen LogP contribution in [0.25, 0.3) is 0 Å². The van der Waals surface area contributed by atoms with Crippen molar-refractivity contribution >= 4 is 17.9 Å². The Balaban J connectivity index is 4.25. The molecule has 0 aliphatic carbocycles. The fourth-order valence-corrected chi connectivity index (χ4v) is 7.56. The summed E-state index contributed by atoms with van der Waals surface area (Å²) >= 11 is 0. The van der Waals surface area contributed by atoms with E-state index in [1.165, 1.54) is 103 Å². The first-order valence-corrected chi connectivity index (χ1v) is 26.5. The van der Waals surface area contributed by atoms with Crippen molar-refractivity contribution in [2.75, 3.05) is 41.0 Å². The van der Waals surface area contributed by atoms with Crippen molar-refractivity contribution in [3.05, 3.63) is 72.9 Å². The number of esters is 2. The van der Waals surface area contributed by atoms with Crippen molar-refractivity contribution in [3.8, 4) is 0 Å². The van der Waals surface area contributed by atoms with Crippen molar-refractivity contribution in [1.29, 1.82) is 0 Å². The molecule has 8 heteroatoms. The van der Waals surface area contributed by atoms with Crippen molar-refractivity contribution in [1.82, 2.24) is 0 Å². The Morgan fingerprint density at radius 2 is 0.923 bits per heavy atom. The number of ether oxygens (including phenoxy) is 3. The Morgan fingerprint density at radius 1 is 0.492 bits per heavy atom. The number of carbonyl (C=O) groups is 3. The lowest BCUT2D eigenvalue weighted by atomic mass is 10.0. The molecule has 374 valence electrons. The molecular formula is C57H99NO7. The van der Waals surface area contributed by atoms with Gasteiger partial charge in [0, 0.05) is 19.3 Å². The summed E-state index contributed by atoms with van der Waals surface area (Å²) in [5.74, 6) is -1.76. The van der Waals surface area contributed by atoms with Crippen LogP contribution in [0.3, 0.4) is 0 Å². The van der Waals surface area contributed by atoms with Gasteiger partial charge in [-0.2, -0.15) is 0 Å². The fourth-order valence-electron chi connectivity index (χ4n) is 7.56. The Labute approximate surface area is 400 Å². The van der Waals surface area contributed by atoms with Crippen molar-refractivity contribution in [2.24, 2.45) is 0 Å². The van der Waals surface area contributed by atoms with Crippen molar-refractivity contribution in [2.45, 2.75) is 231 Å². The largest absolute Gasteiger partial charge is 0.544 e. The van der Waals surface area contributed by atoms with Crippen molar-refractivity contribution < 1.29 is 38.2 Å². The Hall–Kier alpha value is -3.23. The lowest BCUT2D eigenvalue weighted by Gasteiger charge is -2.34. The fraction of sp³-hybridized carbons (Fsp3) is 0.737. The van der Waals surface area contributed by atoms with E-state index >= 15 is 0 Å². The number of hydrogen-bond donors (Lipinski definition) is 0. The molecule has 0 aromatic heterocycles. The molecule has 0 aliphatic rings. The van der Waals surface area contributed by atoms with Gasteiger partial charge >= 0.3 is 11.9 Å². The number of likely N-dealkylation sites (N-methyl/N-ethyl adjacent to an activating group) is 1. The maximum absolute atomic E-state index is 12.8. The maximum atomic E-state index is 12.8. The predicted molar refractivity (Wildman–Crippen MR) is 272 cm³/mol. The summed E-state index contributed by atoms with van der Waals surface area (Å²) in [6.45, 7) is 4.53. The zero-order chi connectivity index (χ0) is 47.7. The van der Waals surface area contributed by atoms with E-state index in [-0.39, 0.29) is 42.7 Å². The number of hydrogen-bond acceptors (Lipinski definition) is 7. The number of nitrogens with zero attached hydrogens (tertiary/aromatic N) is 1. The van der Waals surface area contributed by atoms with E-state index in [9.17, 15) is 19.5 Å². The molecule has 0 aromatic rings. The van der Waals surface area contributed by atoms with Gasteiger partial charge in [-0.25, -0.2) is 0 Å². The highest BCUT2D eigenvalue weighted by Gasteiger charge is 2.25. The van der Waals surface area contributed by atoms with Gasteiger partial charge in [0.15, 0.2) is 6.10 Å². The number of carboxylic acid groups (broad SMARTS) is 1. The molecule has 0 aromatic carbocycles. The molecule has 2 atom stereocenters. The lowest BCUT2D eigenvalue weighted by Crippen LogP contribution is -2.55. The van der Waals surface area contributed by atoms with Gasteiger partial charge < -0.3 is 28.6 Å². The van der Waals surface area contributed by atoms with Crippen LogP contribution in [0, 0.1) is 0 Å². The van der Waals surface area contributed by atoms with Crippen LogP contribution in [-0.2, 0) is 28.6 Å². The van der Waals surface area contributed by atoms with Crippen LogP contribution < -0.4 is 5.11 Å². The second kappa shape index (κ2) is 47.3. The molecule has 0 radical (unpaired) electrons. The minimum atomic E-state index is -1.13. The molecule has 0 N–H and O–H groups in total. The number of allylic oxidation sites excluding steroid dienone is 12. The molecular weight excluding hydrogens is 811 g/mol. The Kier molecular flexibility index (Phi) is 44.9. The smallest absolute Gasteiger partial charge is 0.306 e. The predicted octanol–water partition coefficient (Wildman–Crippen LogP) is 14.1. The summed E-state index contributed by atoms with van der Waals surface area (Å²) in [5, 5.41) is 11.7. The first-order chi connectivity index (χ1) is 31.6. The highest BCUT2D eigenvalue weighted by atomic mass is 16.6. The van der Waals surface area contributed by atoms with Gasteiger partial charge in [0.25, 0.3) is 0 Å². The normalized spacial score (nSPS) is 13.4. The standard InChI is InChI=1S/C57H99NO7/c1-6-8-10-12-14-16-18-20-22-24-26-27-28-29-30-32-34-36-38-40-42-44-46-48-56(60)65-53(51-63-50-49-54(57(61)62)58(3,4)5)52-64-55(59)47-45-43-41-39-37-35-33-31-25-23-21-19-17-15-13-11-9-7-2/h8,10,14,16,19-23,25,31,33,53-54H,6-7,9,11-13,15,17-18,24,26-30,32,34-52H2,1-5H3/b10-8+,16-14+,21-19+,22-20+,25-23+,33-31+. The van der Waals surface area contributed by atoms with Crippen LogP contribution in [0.1, 0.15) is 219 Å². The van der Waals surface area contributed by atoms with E-state index in [2.05, 4.69) is 86.8 Å². The molecule has 0 rings (SSSR count). The SMILES string of the molecule is CC/C=C/C/C=C/C/C=C/CCCCCCCCCCCCCCCC(=O)OC(COCCC(C(=O)[O-])[N+](C)(C)C)COC(=O)CCCCCCC/C=C/C=C/C=C/CCCCCCC. The molecule has 0 spiro atoms. The minimum absolute atomic E-state index is 0.0315. The number of rotatable bonds is 47. The van der Waals surface area contributed by atoms with Gasteiger partial charge in [-0.05, 0) is 70.6 Å². The quantitative estimate of drug-likeness (QED) is 0.0197. The van der Waals surface area contributed by atoms with Crippen LogP contribution in [0.5, 0.6) is 0 Å². The molecule has 0 heterocycles. The monoisotopic (exact) mass is 910 g/mol. The summed E-state index contributed by atoms with van der Waals surface area (Å²) in [6, 6.07) is -0.733. The third-order valence-corrected chi connectivity index (χ3v) is 11.6. The van der Waals surface area contributed by atoms with E-state index in [0.717, 1.165) is 83.5 Å². The molecule has 0 aliphatic heterocycles. The van der Waals surface area contributed by atoms with Crippen LogP contribution >= 0.6 is 0 Å². The molecule has 0 saturated heterocycles. The molecule has 0 saturated carbocycles. The maximum Gasteiger partial charge on any atom is 0.306 e. The van der Waals surface area contributed by atoms with Gasteiger partial charge in [-0.3, -0.25) is 9.59 Å². The topological polar surface area (TPSA) is 102 Å². The van der Waals surface area contributed by atoms with Crippen LogP contribution in [-0.4, -0.2) is 75.5 Å². The average Bonchev–Trinajstić information content (AvgIpc) is 3.27. The van der Waals surface area contributed by atoms with Crippen LogP contribution in [0.4, 0.5) is 0 Å². The summed E-state index contributed by atoms with van der Waals surface area (Å²) in [6.07, 6.45) is 60.7.